The van der Waals surface area contributed by atoms with Gasteiger partial charge in [0.2, 0.25) is 5.13 Å². The largest absolute Gasteiger partial charge is 0.396 e. The third-order valence-corrected chi connectivity index (χ3v) is 4.11. The maximum absolute atomic E-state index is 8.62. The van der Waals surface area contributed by atoms with Crippen LogP contribution in [0.1, 0.15) is 31.0 Å². The van der Waals surface area contributed by atoms with Crippen LogP contribution in [0.3, 0.4) is 0 Å². The van der Waals surface area contributed by atoms with Crippen LogP contribution < -0.4 is 5.32 Å². The van der Waals surface area contributed by atoms with Gasteiger partial charge in [0.15, 0.2) is 0 Å². The van der Waals surface area contributed by atoms with Gasteiger partial charge < -0.3 is 10.4 Å². The number of rotatable bonds is 8. The van der Waals surface area contributed by atoms with Gasteiger partial charge in [-0.25, -0.2) is 4.98 Å². The standard InChI is InChI=1S/C10H17N3OS2/c14-5-1-6-15-7-4-11-10-12-9(13-16-10)8-2-3-8/h8,14H,1-7H2,(H,11,12,13). The van der Waals surface area contributed by atoms with Crippen LogP contribution in [-0.2, 0) is 0 Å². The van der Waals surface area contributed by atoms with Gasteiger partial charge >= 0.3 is 0 Å². The number of anilines is 1. The molecule has 2 N–H and O–H groups in total. The third-order valence-electron chi connectivity index (χ3n) is 2.35. The molecule has 1 heterocycles. The van der Waals surface area contributed by atoms with Crippen LogP contribution in [-0.4, -0.2) is 39.1 Å². The quantitative estimate of drug-likeness (QED) is 0.699. The Morgan fingerprint density at radius 1 is 1.44 bits per heavy atom. The Bertz CT molecular complexity index is 315. The Labute approximate surface area is 104 Å². The maximum atomic E-state index is 8.62. The van der Waals surface area contributed by atoms with Crippen molar-refractivity contribution in [2.24, 2.45) is 0 Å². The van der Waals surface area contributed by atoms with E-state index in [2.05, 4.69) is 14.7 Å². The maximum Gasteiger partial charge on any atom is 0.202 e. The second kappa shape index (κ2) is 6.42. The molecule has 1 aromatic rings. The molecular weight excluding hydrogens is 242 g/mol. The van der Waals surface area contributed by atoms with E-state index < -0.39 is 0 Å². The van der Waals surface area contributed by atoms with Gasteiger partial charge in [0, 0.05) is 36.4 Å². The van der Waals surface area contributed by atoms with Gasteiger partial charge in [0.25, 0.3) is 0 Å². The van der Waals surface area contributed by atoms with Crippen LogP contribution in [0.25, 0.3) is 0 Å². The number of hydrogen-bond donors (Lipinski definition) is 2. The van der Waals surface area contributed by atoms with Crippen molar-refractivity contribution < 1.29 is 5.11 Å². The lowest BCUT2D eigenvalue weighted by Crippen LogP contribution is -2.04. The van der Waals surface area contributed by atoms with Crippen molar-refractivity contribution in [2.45, 2.75) is 25.2 Å². The molecule has 1 fully saturated rings. The predicted molar refractivity (Wildman–Crippen MR) is 69.4 cm³/mol. The molecule has 1 saturated carbocycles. The summed E-state index contributed by atoms with van der Waals surface area (Å²) in [6.45, 7) is 1.22. The van der Waals surface area contributed by atoms with Gasteiger partial charge in [-0.3, -0.25) is 0 Å². The molecule has 1 aliphatic rings. The number of aliphatic hydroxyl groups is 1. The number of hydrogen-bond acceptors (Lipinski definition) is 6. The molecule has 16 heavy (non-hydrogen) atoms. The first kappa shape index (κ1) is 12.1. The van der Waals surface area contributed by atoms with Crippen molar-refractivity contribution in [1.29, 1.82) is 0 Å². The molecule has 90 valence electrons. The Balaban J connectivity index is 1.57. The summed E-state index contributed by atoms with van der Waals surface area (Å²) >= 11 is 3.32. The van der Waals surface area contributed by atoms with Crippen molar-refractivity contribution in [3.8, 4) is 0 Å². The van der Waals surface area contributed by atoms with Crippen LogP contribution in [0.15, 0.2) is 0 Å². The van der Waals surface area contributed by atoms with Gasteiger partial charge in [-0.15, -0.1) is 0 Å². The normalized spacial score (nSPS) is 15.3. The second-order valence-corrected chi connectivity index (χ2v) is 5.82. The third kappa shape index (κ3) is 3.92. The van der Waals surface area contributed by atoms with E-state index in [4.69, 9.17) is 5.11 Å². The summed E-state index contributed by atoms with van der Waals surface area (Å²) in [5.41, 5.74) is 0. The minimum absolute atomic E-state index is 0.293. The highest BCUT2D eigenvalue weighted by Crippen LogP contribution is 2.39. The van der Waals surface area contributed by atoms with Crippen molar-refractivity contribution in [1.82, 2.24) is 9.36 Å². The molecule has 0 radical (unpaired) electrons. The first-order valence-electron chi connectivity index (χ1n) is 5.66. The summed E-state index contributed by atoms with van der Waals surface area (Å²) in [6.07, 6.45) is 3.40. The summed E-state index contributed by atoms with van der Waals surface area (Å²) in [6, 6.07) is 0. The van der Waals surface area contributed by atoms with Crippen LogP contribution >= 0.6 is 23.3 Å². The molecule has 0 aromatic carbocycles. The molecule has 4 nitrogen and oxygen atoms in total. The molecule has 6 heteroatoms. The monoisotopic (exact) mass is 259 g/mol. The van der Waals surface area contributed by atoms with E-state index in [1.54, 1.807) is 0 Å². The van der Waals surface area contributed by atoms with E-state index in [0.29, 0.717) is 12.5 Å². The predicted octanol–water partition coefficient (Wildman–Crippen LogP) is 1.94. The Kier molecular flexibility index (Phi) is 4.87. The lowest BCUT2D eigenvalue weighted by molar-refractivity contribution is 0.296. The number of thioether (sulfide) groups is 1. The molecule has 2 rings (SSSR count). The van der Waals surface area contributed by atoms with Crippen LogP contribution in [0.4, 0.5) is 5.13 Å². The van der Waals surface area contributed by atoms with Gasteiger partial charge in [-0.1, -0.05) is 0 Å². The van der Waals surface area contributed by atoms with Crippen molar-refractivity contribution in [3.63, 3.8) is 0 Å². The average Bonchev–Trinajstić information content (AvgIpc) is 3.04. The van der Waals surface area contributed by atoms with E-state index in [9.17, 15) is 0 Å². The van der Waals surface area contributed by atoms with E-state index in [1.165, 1.54) is 24.4 Å². The highest BCUT2D eigenvalue weighted by molar-refractivity contribution is 7.99. The highest BCUT2D eigenvalue weighted by Gasteiger charge is 2.27. The Morgan fingerprint density at radius 2 is 2.31 bits per heavy atom. The summed E-state index contributed by atoms with van der Waals surface area (Å²) in [5.74, 6) is 3.76. The second-order valence-electron chi connectivity index (χ2n) is 3.85. The van der Waals surface area contributed by atoms with Gasteiger partial charge in [-0.05, 0) is 25.0 Å². The molecular formula is C10H17N3OS2. The Hall–Kier alpha value is -0.330. The minimum atomic E-state index is 0.293. The summed E-state index contributed by atoms with van der Waals surface area (Å²) in [7, 11) is 0. The molecule has 0 unspecified atom stereocenters. The van der Waals surface area contributed by atoms with Crippen molar-refractivity contribution >= 4 is 28.4 Å². The van der Waals surface area contributed by atoms with Gasteiger partial charge in [0.05, 0.1) is 0 Å². The molecule has 1 aliphatic carbocycles. The average molecular weight is 259 g/mol. The van der Waals surface area contributed by atoms with E-state index in [0.717, 1.165) is 35.4 Å². The number of aromatic nitrogens is 2. The van der Waals surface area contributed by atoms with Gasteiger partial charge in [-0.2, -0.15) is 16.1 Å². The lowest BCUT2D eigenvalue weighted by Gasteiger charge is -2.01. The lowest BCUT2D eigenvalue weighted by atomic mass is 10.4. The fourth-order valence-corrected chi connectivity index (χ4v) is 2.77. The van der Waals surface area contributed by atoms with Crippen LogP contribution in [0.2, 0.25) is 0 Å². The van der Waals surface area contributed by atoms with Gasteiger partial charge in [0.1, 0.15) is 5.82 Å². The zero-order valence-electron chi connectivity index (χ0n) is 9.19. The molecule has 0 spiro atoms. The fraction of sp³-hybridized carbons (Fsp3) is 0.800. The molecule has 0 aliphatic heterocycles. The van der Waals surface area contributed by atoms with Crippen LogP contribution in [0.5, 0.6) is 0 Å². The minimum Gasteiger partial charge on any atom is -0.396 e. The van der Waals surface area contributed by atoms with E-state index in [-0.39, 0.29) is 0 Å². The number of nitrogens with one attached hydrogen (secondary N) is 1. The Morgan fingerprint density at radius 3 is 3.06 bits per heavy atom. The van der Waals surface area contributed by atoms with Crippen molar-refractivity contribution in [2.75, 3.05) is 30.0 Å². The first-order chi connectivity index (χ1) is 7.90. The van der Waals surface area contributed by atoms with Crippen molar-refractivity contribution in [3.05, 3.63) is 5.82 Å². The molecule has 0 atom stereocenters. The number of aliphatic hydroxyl groups excluding tert-OH is 1. The zero-order valence-corrected chi connectivity index (χ0v) is 10.8. The molecule has 0 amide bonds. The molecule has 1 aromatic heterocycles. The van der Waals surface area contributed by atoms with E-state index in [1.807, 2.05) is 11.8 Å². The molecule has 0 bridgehead atoms. The first-order valence-corrected chi connectivity index (χ1v) is 7.59. The summed E-state index contributed by atoms with van der Waals surface area (Å²) in [5, 5.41) is 12.9. The topological polar surface area (TPSA) is 58.0 Å². The molecule has 0 saturated heterocycles. The van der Waals surface area contributed by atoms with E-state index >= 15 is 0 Å². The summed E-state index contributed by atoms with van der Waals surface area (Å²) < 4.78 is 4.33. The smallest absolute Gasteiger partial charge is 0.202 e. The SMILES string of the molecule is OCCCSCCNc1nc(C2CC2)ns1. The highest BCUT2D eigenvalue weighted by atomic mass is 32.2. The fourth-order valence-electron chi connectivity index (χ4n) is 1.31. The van der Waals surface area contributed by atoms with Crippen LogP contribution in [0, 0.1) is 0 Å². The zero-order chi connectivity index (χ0) is 11.2. The number of nitrogens with zero attached hydrogens (tertiary/aromatic N) is 2. The summed E-state index contributed by atoms with van der Waals surface area (Å²) in [4.78, 5) is 4.45.